The first-order valence-electron chi connectivity index (χ1n) is 7.41. The van der Waals surface area contributed by atoms with Crippen LogP contribution in [-0.4, -0.2) is 43.0 Å². The second kappa shape index (κ2) is 9.72. The van der Waals surface area contributed by atoms with Crippen LogP contribution in [0.3, 0.4) is 0 Å². The van der Waals surface area contributed by atoms with Crippen molar-refractivity contribution in [2.24, 2.45) is 0 Å². The smallest absolute Gasteiger partial charge is 0.345 e. The van der Waals surface area contributed by atoms with Gasteiger partial charge in [0.2, 0.25) is 18.5 Å². The van der Waals surface area contributed by atoms with E-state index in [1.54, 1.807) is 18.2 Å². The van der Waals surface area contributed by atoms with Gasteiger partial charge in [0, 0.05) is 5.57 Å². The predicted octanol–water partition coefficient (Wildman–Crippen LogP) is 0.0677. The largest absolute Gasteiger partial charge is 0.433 e. The van der Waals surface area contributed by atoms with Gasteiger partial charge < -0.3 is 20.1 Å². The van der Waals surface area contributed by atoms with Crippen LogP contribution in [-0.2, 0) is 28.7 Å². The van der Waals surface area contributed by atoms with E-state index < -0.39 is 36.6 Å². The zero-order valence-corrected chi connectivity index (χ0v) is 14.0. The number of ether oxygens (including phenoxy) is 2. The maximum Gasteiger partial charge on any atom is 0.345 e. The first-order chi connectivity index (χ1) is 12.3. The molecule has 0 fully saturated rings. The number of amides is 2. The van der Waals surface area contributed by atoms with Crippen molar-refractivity contribution >= 4 is 30.7 Å². The van der Waals surface area contributed by atoms with E-state index in [4.69, 9.17) is 9.47 Å². The number of benzene rings is 1. The fourth-order valence-electron chi connectivity index (χ4n) is 1.85. The molecular formula is C17H18N2O7. The summed E-state index contributed by atoms with van der Waals surface area (Å²) in [5.41, 5.74) is -1.80. The van der Waals surface area contributed by atoms with E-state index in [9.17, 15) is 24.0 Å². The molecule has 0 heterocycles. The van der Waals surface area contributed by atoms with Gasteiger partial charge in [-0.15, -0.1) is 0 Å². The van der Waals surface area contributed by atoms with Crippen molar-refractivity contribution < 1.29 is 33.4 Å². The molecule has 0 spiro atoms. The Bertz CT molecular complexity index is 702. The fourth-order valence-corrected chi connectivity index (χ4v) is 1.85. The van der Waals surface area contributed by atoms with Gasteiger partial charge in [-0.3, -0.25) is 14.4 Å². The van der Waals surface area contributed by atoms with Gasteiger partial charge in [0.25, 0.3) is 0 Å². The predicted molar refractivity (Wildman–Crippen MR) is 88.4 cm³/mol. The molecule has 1 aromatic carbocycles. The summed E-state index contributed by atoms with van der Waals surface area (Å²) in [5, 5.41) is 4.37. The molecule has 9 nitrogen and oxygen atoms in total. The van der Waals surface area contributed by atoms with E-state index in [0.29, 0.717) is 0 Å². The Hall–Kier alpha value is -3.49. The SMILES string of the molecule is C=C(C)C(=O)OC(CNC=O)(CC(=O)OC(=O)c1ccccc1)NC=O. The quantitative estimate of drug-likeness (QED) is 0.198. The van der Waals surface area contributed by atoms with Crippen LogP contribution in [0.25, 0.3) is 0 Å². The van der Waals surface area contributed by atoms with Gasteiger partial charge in [-0.2, -0.15) is 0 Å². The summed E-state index contributed by atoms with van der Waals surface area (Å²) in [6, 6.07) is 7.74. The molecule has 0 saturated carbocycles. The van der Waals surface area contributed by atoms with Crippen LogP contribution in [0.15, 0.2) is 42.5 Å². The second-order valence-corrected chi connectivity index (χ2v) is 5.23. The molecule has 9 heteroatoms. The maximum absolute atomic E-state index is 12.1. The zero-order chi connectivity index (χ0) is 19.6. The molecular weight excluding hydrogens is 344 g/mol. The number of nitrogens with one attached hydrogen (secondary N) is 2. The first-order valence-corrected chi connectivity index (χ1v) is 7.41. The standard InChI is InChI=1S/C17H18N2O7/c1-12(2)15(23)26-17(19-11-21,9-18-10-20)8-14(22)25-16(24)13-6-4-3-5-7-13/h3-7,10-11H,1,8-9H2,2H3,(H,18,20)(H,19,21). The number of hydrogen-bond donors (Lipinski definition) is 2. The monoisotopic (exact) mass is 362 g/mol. The van der Waals surface area contributed by atoms with E-state index >= 15 is 0 Å². The van der Waals surface area contributed by atoms with Gasteiger partial charge in [-0.05, 0) is 19.1 Å². The molecule has 2 amide bonds. The molecule has 0 aliphatic rings. The van der Waals surface area contributed by atoms with Crippen molar-refractivity contribution in [3.8, 4) is 0 Å². The van der Waals surface area contributed by atoms with Crippen LogP contribution >= 0.6 is 0 Å². The zero-order valence-electron chi connectivity index (χ0n) is 14.0. The molecule has 0 aliphatic carbocycles. The fraction of sp³-hybridized carbons (Fsp3) is 0.235. The summed E-state index contributed by atoms with van der Waals surface area (Å²) in [7, 11) is 0. The van der Waals surface area contributed by atoms with Gasteiger partial charge in [0.15, 0.2) is 0 Å². The molecule has 2 N–H and O–H groups in total. The summed E-state index contributed by atoms with van der Waals surface area (Å²) >= 11 is 0. The summed E-state index contributed by atoms with van der Waals surface area (Å²) < 4.78 is 9.78. The summed E-state index contributed by atoms with van der Waals surface area (Å²) in [6.45, 7) is 4.33. The number of hydrogen-bond acceptors (Lipinski definition) is 7. The number of carbonyl (C=O) groups is 5. The van der Waals surface area contributed by atoms with Crippen LogP contribution in [0.1, 0.15) is 23.7 Å². The van der Waals surface area contributed by atoms with Crippen LogP contribution in [0.5, 0.6) is 0 Å². The van der Waals surface area contributed by atoms with Gasteiger partial charge in [0.1, 0.15) is 6.42 Å². The third kappa shape index (κ3) is 6.19. The van der Waals surface area contributed by atoms with Gasteiger partial charge in [0.05, 0.1) is 12.1 Å². The van der Waals surface area contributed by atoms with Crippen LogP contribution in [0.4, 0.5) is 0 Å². The molecule has 0 bridgehead atoms. The molecule has 0 radical (unpaired) electrons. The molecule has 0 saturated heterocycles. The van der Waals surface area contributed by atoms with Crippen LogP contribution < -0.4 is 10.6 Å². The summed E-state index contributed by atoms with van der Waals surface area (Å²) in [4.78, 5) is 57.3. The lowest BCUT2D eigenvalue weighted by molar-refractivity contribution is -0.165. The lowest BCUT2D eigenvalue weighted by Gasteiger charge is -2.31. The average molecular weight is 362 g/mol. The lowest BCUT2D eigenvalue weighted by Crippen LogP contribution is -2.56. The molecule has 26 heavy (non-hydrogen) atoms. The van der Waals surface area contributed by atoms with E-state index in [1.165, 1.54) is 19.1 Å². The van der Waals surface area contributed by atoms with Gasteiger partial charge in [-0.1, -0.05) is 24.8 Å². The Morgan fingerprint density at radius 3 is 2.35 bits per heavy atom. The van der Waals surface area contributed by atoms with Crippen molar-refractivity contribution in [2.45, 2.75) is 19.1 Å². The van der Waals surface area contributed by atoms with Crippen LogP contribution in [0.2, 0.25) is 0 Å². The third-order valence-electron chi connectivity index (χ3n) is 3.08. The Labute approximate surface area is 149 Å². The van der Waals surface area contributed by atoms with Crippen molar-refractivity contribution in [3.05, 3.63) is 48.0 Å². The summed E-state index contributed by atoms with van der Waals surface area (Å²) in [6.07, 6.45) is -0.245. The second-order valence-electron chi connectivity index (χ2n) is 5.23. The Morgan fingerprint density at radius 2 is 1.81 bits per heavy atom. The highest BCUT2D eigenvalue weighted by atomic mass is 16.6. The van der Waals surface area contributed by atoms with E-state index in [2.05, 4.69) is 17.2 Å². The third-order valence-corrected chi connectivity index (χ3v) is 3.08. The Kier molecular flexibility index (Phi) is 7.68. The highest BCUT2D eigenvalue weighted by Crippen LogP contribution is 2.16. The molecule has 0 aliphatic heterocycles. The number of esters is 3. The minimum Gasteiger partial charge on any atom is -0.433 e. The van der Waals surface area contributed by atoms with Crippen LogP contribution in [0, 0.1) is 0 Å². The molecule has 0 aromatic heterocycles. The highest BCUT2D eigenvalue weighted by molar-refractivity contribution is 5.97. The van der Waals surface area contributed by atoms with Gasteiger partial charge in [-0.25, -0.2) is 9.59 Å². The minimum atomic E-state index is -1.94. The molecule has 1 aromatic rings. The Balaban J connectivity index is 2.94. The van der Waals surface area contributed by atoms with Crippen molar-refractivity contribution in [1.29, 1.82) is 0 Å². The first kappa shape index (κ1) is 20.6. The minimum absolute atomic E-state index is 0.00177. The van der Waals surface area contributed by atoms with Crippen molar-refractivity contribution in [3.63, 3.8) is 0 Å². The van der Waals surface area contributed by atoms with E-state index in [0.717, 1.165) is 0 Å². The van der Waals surface area contributed by atoms with Crippen molar-refractivity contribution in [2.75, 3.05) is 6.54 Å². The lowest BCUT2D eigenvalue weighted by atomic mass is 10.1. The summed E-state index contributed by atoms with van der Waals surface area (Å²) in [5.74, 6) is -2.89. The van der Waals surface area contributed by atoms with Gasteiger partial charge >= 0.3 is 17.9 Å². The molecule has 1 unspecified atom stereocenters. The number of rotatable bonds is 10. The normalized spacial score (nSPS) is 12.0. The maximum atomic E-state index is 12.1. The highest BCUT2D eigenvalue weighted by Gasteiger charge is 2.38. The average Bonchev–Trinajstić information content (AvgIpc) is 2.60. The van der Waals surface area contributed by atoms with Crippen molar-refractivity contribution in [1.82, 2.24) is 10.6 Å². The van der Waals surface area contributed by atoms with E-state index in [1.807, 2.05) is 0 Å². The topological polar surface area (TPSA) is 128 Å². The molecule has 138 valence electrons. The number of carbonyl (C=O) groups excluding carboxylic acids is 5. The Morgan fingerprint density at radius 1 is 1.15 bits per heavy atom. The molecule has 1 atom stereocenters. The molecule has 1 rings (SSSR count). The van der Waals surface area contributed by atoms with E-state index in [-0.39, 0.29) is 24.0 Å².